The van der Waals surface area contributed by atoms with E-state index in [1.54, 1.807) is 19.1 Å². The van der Waals surface area contributed by atoms with Crippen molar-refractivity contribution in [2.75, 3.05) is 13.2 Å². The van der Waals surface area contributed by atoms with Crippen LogP contribution < -0.4 is 8.92 Å². The van der Waals surface area contributed by atoms with E-state index in [1.165, 1.54) is 4.31 Å². The van der Waals surface area contributed by atoms with Crippen molar-refractivity contribution < 1.29 is 26.9 Å². The second-order valence-corrected chi connectivity index (χ2v) is 12.7. The van der Waals surface area contributed by atoms with E-state index in [0.29, 0.717) is 18.1 Å². The van der Waals surface area contributed by atoms with Crippen molar-refractivity contribution in [3.63, 3.8) is 0 Å². The van der Waals surface area contributed by atoms with Gasteiger partial charge in [-0.25, -0.2) is 4.68 Å². The Morgan fingerprint density at radius 2 is 1.86 bits per heavy atom. The lowest BCUT2D eigenvalue weighted by Crippen LogP contribution is -2.37. The molecule has 4 aromatic rings. The highest BCUT2D eigenvalue weighted by atomic mass is 32.2. The molecule has 0 aliphatic carbocycles. The molecule has 2 unspecified atom stereocenters. The number of fused-ring (bicyclic) bond motifs is 6. The van der Waals surface area contributed by atoms with Crippen molar-refractivity contribution in [2.24, 2.45) is 0 Å². The van der Waals surface area contributed by atoms with Crippen molar-refractivity contribution in [1.29, 1.82) is 0 Å². The average molecular weight is 605 g/mol. The molecule has 226 valence electrons. The second-order valence-electron chi connectivity index (χ2n) is 11.2. The van der Waals surface area contributed by atoms with Gasteiger partial charge in [0, 0.05) is 31.1 Å². The molecule has 10 nitrogen and oxygen atoms in total. The molecule has 0 saturated heterocycles. The van der Waals surface area contributed by atoms with Gasteiger partial charge < -0.3 is 13.7 Å². The van der Waals surface area contributed by atoms with Crippen LogP contribution in [0, 0.1) is 13.8 Å². The Hall–Kier alpha value is -3.96. The van der Waals surface area contributed by atoms with Crippen LogP contribution in [0.25, 0.3) is 11.0 Å². The van der Waals surface area contributed by atoms with Crippen LogP contribution in [0.15, 0.2) is 48.5 Å². The Labute approximate surface area is 251 Å². The molecule has 11 heteroatoms. The molecule has 1 aromatic heterocycles. The van der Waals surface area contributed by atoms with Crippen LogP contribution in [0.3, 0.4) is 0 Å². The first-order valence-corrected chi connectivity index (χ1v) is 16.1. The smallest absolute Gasteiger partial charge is 0.385 e. The molecular weight excluding hydrogens is 568 g/mol. The van der Waals surface area contributed by atoms with Gasteiger partial charge >= 0.3 is 16.3 Å². The average Bonchev–Trinajstić information content (AvgIpc) is 3.39. The summed E-state index contributed by atoms with van der Waals surface area (Å²) in [6.07, 6.45) is 2.88. The van der Waals surface area contributed by atoms with E-state index in [2.05, 4.69) is 16.4 Å². The molecule has 0 fully saturated rings. The maximum absolute atomic E-state index is 13.2. The minimum atomic E-state index is -4.02. The fourth-order valence-corrected chi connectivity index (χ4v) is 7.03. The number of carbonyl (C=O) groups excluding carboxylic acids is 1. The summed E-state index contributed by atoms with van der Waals surface area (Å²) < 4.78 is 46.5. The number of carbonyl (C=O) groups is 1. The monoisotopic (exact) mass is 604 g/mol. The number of hydrogen-bond donors (Lipinski definition) is 0. The number of aryl methyl sites for hydroxylation is 3. The number of nitrogens with zero attached hydrogens (tertiary/aromatic N) is 4. The van der Waals surface area contributed by atoms with Crippen molar-refractivity contribution in [3.8, 4) is 11.5 Å². The minimum absolute atomic E-state index is 0.116. The molecule has 9 bridgehead atoms. The normalized spacial score (nSPS) is 19.9. The van der Waals surface area contributed by atoms with Crippen LogP contribution in [0.4, 0.5) is 0 Å². The van der Waals surface area contributed by atoms with Gasteiger partial charge in [-0.2, -0.15) is 12.7 Å². The predicted octanol–water partition coefficient (Wildman–Crippen LogP) is 5.34. The van der Waals surface area contributed by atoms with Crippen LogP contribution in [-0.2, 0) is 39.5 Å². The Kier molecular flexibility index (Phi) is 8.11. The summed E-state index contributed by atoms with van der Waals surface area (Å²) in [5.74, 6) is 0.377. The third-order valence-electron chi connectivity index (χ3n) is 8.33. The molecule has 3 aliphatic heterocycles. The van der Waals surface area contributed by atoms with Gasteiger partial charge in [-0.05, 0) is 92.1 Å². The first-order chi connectivity index (χ1) is 20.7. The topological polar surface area (TPSA) is 113 Å². The molecule has 0 N–H and O–H groups in total. The lowest BCUT2D eigenvalue weighted by molar-refractivity contribution is -0.143. The van der Waals surface area contributed by atoms with E-state index in [0.717, 1.165) is 70.2 Å². The van der Waals surface area contributed by atoms with E-state index in [9.17, 15) is 13.2 Å². The zero-order valence-electron chi connectivity index (χ0n) is 24.7. The number of rotatable bonds is 3. The van der Waals surface area contributed by atoms with E-state index in [-0.39, 0.29) is 38.0 Å². The van der Waals surface area contributed by atoms with Gasteiger partial charge in [0.05, 0.1) is 25.2 Å². The Morgan fingerprint density at radius 3 is 2.70 bits per heavy atom. The maximum atomic E-state index is 13.2. The summed E-state index contributed by atoms with van der Waals surface area (Å²) in [5, 5.41) is 8.97. The Morgan fingerprint density at radius 1 is 1.02 bits per heavy atom. The van der Waals surface area contributed by atoms with E-state index < -0.39 is 10.3 Å². The van der Waals surface area contributed by atoms with Gasteiger partial charge in [0.1, 0.15) is 17.0 Å². The minimum Gasteiger partial charge on any atom is -0.494 e. The molecular formula is C32H36N4O6S. The molecule has 3 aromatic carbocycles. The van der Waals surface area contributed by atoms with Crippen LogP contribution in [0.5, 0.6) is 11.5 Å². The Bertz CT molecular complexity index is 1780. The lowest BCUT2D eigenvalue weighted by atomic mass is 9.84. The summed E-state index contributed by atoms with van der Waals surface area (Å²) in [6.45, 7) is 7.62. The zero-order valence-corrected chi connectivity index (χ0v) is 25.5. The van der Waals surface area contributed by atoms with Gasteiger partial charge in [-0.15, -0.1) is 5.10 Å². The van der Waals surface area contributed by atoms with Crippen molar-refractivity contribution in [2.45, 2.75) is 72.0 Å². The predicted molar refractivity (Wildman–Crippen MR) is 161 cm³/mol. The van der Waals surface area contributed by atoms with Gasteiger partial charge in [-0.3, -0.25) is 4.79 Å². The fraction of sp³-hybridized carbons (Fsp3) is 0.406. The molecule has 0 saturated carbocycles. The molecule has 3 aliphatic rings. The third-order valence-corrected chi connectivity index (χ3v) is 9.61. The van der Waals surface area contributed by atoms with E-state index in [4.69, 9.17) is 13.7 Å². The maximum Gasteiger partial charge on any atom is 0.385 e. The fourth-order valence-electron chi connectivity index (χ4n) is 5.94. The van der Waals surface area contributed by atoms with Crippen LogP contribution >= 0.6 is 0 Å². The van der Waals surface area contributed by atoms with Crippen molar-refractivity contribution in [3.05, 3.63) is 81.9 Å². The number of esters is 1. The molecule has 0 spiro atoms. The van der Waals surface area contributed by atoms with Crippen LogP contribution in [0.2, 0.25) is 0 Å². The summed E-state index contributed by atoms with van der Waals surface area (Å²) in [6, 6.07) is 15.3. The van der Waals surface area contributed by atoms with Gasteiger partial charge in [0.2, 0.25) is 0 Å². The molecule has 0 amide bonds. The van der Waals surface area contributed by atoms with Gasteiger partial charge in [0.15, 0.2) is 0 Å². The Balaban J connectivity index is 1.45. The zero-order chi connectivity index (χ0) is 30.1. The highest BCUT2D eigenvalue weighted by Crippen LogP contribution is 2.37. The van der Waals surface area contributed by atoms with E-state index in [1.807, 2.05) is 48.9 Å². The molecule has 0 radical (unpaired) electrons. The molecule has 4 heterocycles. The van der Waals surface area contributed by atoms with Crippen molar-refractivity contribution >= 4 is 27.3 Å². The first-order valence-electron chi connectivity index (χ1n) is 14.8. The summed E-state index contributed by atoms with van der Waals surface area (Å²) in [4.78, 5) is 12.9. The van der Waals surface area contributed by atoms with Crippen LogP contribution in [0.1, 0.15) is 71.9 Å². The van der Waals surface area contributed by atoms with Crippen molar-refractivity contribution in [1.82, 2.24) is 19.3 Å². The second kappa shape index (κ2) is 12.0. The largest absolute Gasteiger partial charge is 0.494 e. The summed E-state index contributed by atoms with van der Waals surface area (Å²) in [5.41, 5.74) is 7.07. The van der Waals surface area contributed by atoms with Gasteiger partial charge in [0.25, 0.3) is 0 Å². The quantitative estimate of drug-likeness (QED) is 0.288. The lowest BCUT2D eigenvalue weighted by Gasteiger charge is -2.29. The standard InChI is InChI=1S/C32H36N4O6S/c1-4-40-31(37)18-28-23-9-8-21(2)24(16-23)19-35-20-25-17-26(10-13-30(25)42-43(35,38)39)41-15-7-5-6-14-36-29-12-11-27(28)22(3)32(29)33-34-36/h8-13,16-17,28H,4-7,14-15,18-20H2,1-3H3. The summed E-state index contributed by atoms with van der Waals surface area (Å²) >= 11 is 0. The molecule has 2 atom stereocenters. The third kappa shape index (κ3) is 5.96. The SMILES string of the molecule is CCOC(=O)CC1c2ccc(C)c(c2)CN2Cc3cc(ccc3OS2(=O)=O)OCCCCCn2nnc3c(C)c1ccc32. The summed E-state index contributed by atoms with van der Waals surface area (Å²) in [7, 11) is -4.02. The van der Waals surface area contributed by atoms with E-state index >= 15 is 0 Å². The number of benzene rings is 3. The number of aromatic nitrogens is 3. The highest BCUT2D eigenvalue weighted by Gasteiger charge is 2.33. The number of hydrogen-bond acceptors (Lipinski definition) is 8. The first kappa shape index (κ1) is 29.1. The number of ether oxygens (including phenoxy) is 2. The molecule has 7 rings (SSSR count). The van der Waals surface area contributed by atoms with Crippen LogP contribution in [-0.4, -0.2) is 46.9 Å². The molecule has 43 heavy (non-hydrogen) atoms. The van der Waals surface area contributed by atoms with Gasteiger partial charge in [-0.1, -0.05) is 29.5 Å². The highest BCUT2D eigenvalue weighted by molar-refractivity contribution is 7.84.